The van der Waals surface area contributed by atoms with Gasteiger partial charge in [-0.3, -0.25) is 4.90 Å². The van der Waals surface area contributed by atoms with E-state index in [1.54, 1.807) is 0 Å². The van der Waals surface area contributed by atoms with Gasteiger partial charge in [-0.15, -0.1) is 0 Å². The zero-order valence-electron chi connectivity index (χ0n) is 13.3. The first-order chi connectivity index (χ1) is 10.5. The standard InChI is InChI=1S/C18H22N2OSi/c1-22(2,3)17-16(14-10-6-4-7-11-14)20(18(21)19-17)15-12-8-5-9-13-15/h4-13,16-17H,1-3H3,(H,19,21)/t16-,17+/m0/s1. The Balaban J connectivity index is 2.09. The fourth-order valence-electron chi connectivity index (χ4n) is 3.11. The van der Waals surface area contributed by atoms with E-state index in [1.807, 2.05) is 53.4 Å². The van der Waals surface area contributed by atoms with Crippen LogP contribution in [0.2, 0.25) is 19.6 Å². The van der Waals surface area contributed by atoms with Crippen LogP contribution in [0.3, 0.4) is 0 Å². The highest BCUT2D eigenvalue weighted by atomic mass is 28.3. The van der Waals surface area contributed by atoms with Gasteiger partial charge in [-0.1, -0.05) is 68.2 Å². The molecule has 0 aliphatic carbocycles. The van der Waals surface area contributed by atoms with Crippen molar-refractivity contribution in [2.45, 2.75) is 31.3 Å². The number of anilines is 1. The number of hydrogen-bond acceptors (Lipinski definition) is 1. The lowest BCUT2D eigenvalue weighted by Crippen LogP contribution is -2.48. The van der Waals surface area contributed by atoms with Crippen LogP contribution in [0.5, 0.6) is 0 Å². The van der Waals surface area contributed by atoms with Crippen molar-refractivity contribution in [3.63, 3.8) is 0 Å². The average molecular weight is 310 g/mol. The summed E-state index contributed by atoms with van der Waals surface area (Å²) in [6.45, 7) is 6.92. The molecule has 0 unspecified atom stereocenters. The van der Waals surface area contributed by atoms with Crippen LogP contribution >= 0.6 is 0 Å². The third kappa shape index (κ3) is 2.66. The topological polar surface area (TPSA) is 32.3 Å². The minimum atomic E-state index is -1.56. The molecule has 0 aromatic heterocycles. The van der Waals surface area contributed by atoms with E-state index in [2.05, 4.69) is 37.1 Å². The number of para-hydroxylation sites is 1. The van der Waals surface area contributed by atoms with Crippen molar-refractivity contribution < 1.29 is 4.79 Å². The maximum absolute atomic E-state index is 12.7. The SMILES string of the molecule is C[Si](C)(C)[C@H]1NC(=O)N(c2ccccc2)[C@H]1c1ccccc1. The molecule has 1 saturated heterocycles. The van der Waals surface area contributed by atoms with Crippen LogP contribution in [0.1, 0.15) is 11.6 Å². The van der Waals surface area contributed by atoms with Crippen LogP contribution in [0.15, 0.2) is 60.7 Å². The van der Waals surface area contributed by atoms with E-state index < -0.39 is 8.07 Å². The van der Waals surface area contributed by atoms with Crippen LogP contribution in [0.4, 0.5) is 10.5 Å². The van der Waals surface area contributed by atoms with E-state index >= 15 is 0 Å². The van der Waals surface area contributed by atoms with Crippen molar-refractivity contribution >= 4 is 19.8 Å². The fourth-order valence-corrected chi connectivity index (χ4v) is 4.95. The predicted octanol–water partition coefficient (Wildman–Crippen LogP) is 4.20. The Hall–Kier alpha value is -2.07. The second-order valence-electron chi connectivity index (χ2n) is 6.85. The summed E-state index contributed by atoms with van der Waals surface area (Å²) in [6, 6.07) is 20.3. The predicted molar refractivity (Wildman–Crippen MR) is 93.8 cm³/mol. The van der Waals surface area contributed by atoms with Gasteiger partial charge in [-0.25, -0.2) is 4.79 Å². The van der Waals surface area contributed by atoms with Gasteiger partial charge in [0.2, 0.25) is 0 Å². The van der Waals surface area contributed by atoms with Crippen molar-refractivity contribution in [2.75, 3.05) is 4.90 Å². The van der Waals surface area contributed by atoms with Gasteiger partial charge in [0, 0.05) is 11.4 Å². The highest BCUT2D eigenvalue weighted by Gasteiger charge is 2.46. The van der Waals surface area contributed by atoms with Crippen LogP contribution in [0.25, 0.3) is 0 Å². The Labute approximate surface area is 133 Å². The van der Waals surface area contributed by atoms with Crippen LogP contribution < -0.4 is 10.2 Å². The van der Waals surface area contributed by atoms with Gasteiger partial charge in [0.25, 0.3) is 0 Å². The summed E-state index contributed by atoms with van der Waals surface area (Å²) >= 11 is 0. The van der Waals surface area contributed by atoms with Gasteiger partial charge in [-0.05, 0) is 17.7 Å². The molecule has 2 atom stereocenters. The molecule has 1 aliphatic heterocycles. The van der Waals surface area contributed by atoms with E-state index in [0.29, 0.717) is 0 Å². The summed E-state index contributed by atoms with van der Waals surface area (Å²) in [5.41, 5.74) is 2.34. The summed E-state index contributed by atoms with van der Waals surface area (Å²) in [5, 5.41) is 3.24. The Morgan fingerprint density at radius 1 is 0.909 bits per heavy atom. The van der Waals surface area contributed by atoms with Crippen molar-refractivity contribution in [3.8, 4) is 0 Å². The Morgan fingerprint density at radius 2 is 1.45 bits per heavy atom. The molecular formula is C18H22N2OSi. The number of nitrogens with zero attached hydrogens (tertiary/aromatic N) is 1. The zero-order valence-corrected chi connectivity index (χ0v) is 14.3. The van der Waals surface area contributed by atoms with E-state index in [4.69, 9.17) is 0 Å². The molecule has 2 amide bonds. The monoisotopic (exact) mass is 310 g/mol. The lowest BCUT2D eigenvalue weighted by molar-refractivity contribution is 0.251. The van der Waals surface area contributed by atoms with Gasteiger partial charge in [0.15, 0.2) is 0 Å². The third-order valence-electron chi connectivity index (χ3n) is 4.20. The number of hydrogen-bond donors (Lipinski definition) is 1. The number of urea groups is 1. The minimum Gasteiger partial charge on any atom is -0.335 e. The Morgan fingerprint density at radius 3 is 2.00 bits per heavy atom. The molecule has 3 nitrogen and oxygen atoms in total. The molecule has 4 heteroatoms. The highest BCUT2D eigenvalue weighted by molar-refractivity contribution is 6.78. The zero-order chi connectivity index (χ0) is 15.7. The smallest absolute Gasteiger partial charge is 0.322 e. The molecule has 22 heavy (non-hydrogen) atoms. The van der Waals surface area contributed by atoms with E-state index in [0.717, 1.165) is 5.69 Å². The van der Waals surface area contributed by atoms with Gasteiger partial charge < -0.3 is 5.32 Å². The lowest BCUT2D eigenvalue weighted by Gasteiger charge is -2.33. The summed E-state index contributed by atoms with van der Waals surface area (Å²) in [6.07, 6.45) is 0. The molecule has 0 spiro atoms. The number of benzene rings is 2. The summed E-state index contributed by atoms with van der Waals surface area (Å²) in [4.78, 5) is 14.6. The van der Waals surface area contributed by atoms with Crippen molar-refractivity contribution in [2.24, 2.45) is 0 Å². The first-order valence-electron chi connectivity index (χ1n) is 7.68. The molecule has 1 fully saturated rings. The summed E-state index contributed by atoms with van der Waals surface area (Å²) in [5.74, 6) is 0. The molecule has 0 saturated carbocycles. The molecule has 3 rings (SSSR count). The Bertz CT molecular complexity index is 652. The van der Waals surface area contributed by atoms with E-state index in [1.165, 1.54) is 5.56 Å². The van der Waals surface area contributed by atoms with Gasteiger partial charge in [-0.2, -0.15) is 0 Å². The second-order valence-corrected chi connectivity index (χ2v) is 12.2. The van der Waals surface area contributed by atoms with Crippen molar-refractivity contribution in [1.82, 2.24) is 5.32 Å². The molecule has 1 N–H and O–H groups in total. The average Bonchev–Trinajstić information content (AvgIpc) is 2.87. The van der Waals surface area contributed by atoms with Gasteiger partial charge in [0.1, 0.15) is 0 Å². The van der Waals surface area contributed by atoms with E-state index in [9.17, 15) is 4.79 Å². The number of amides is 2. The summed E-state index contributed by atoms with van der Waals surface area (Å²) in [7, 11) is -1.56. The summed E-state index contributed by atoms with van der Waals surface area (Å²) < 4.78 is 0. The number of rotatable bonds is 3. The quantitative estimate of drug-likeness (QED) is 0.847. The molecule has 0 bridgehead atoms. The first kappa shape index (κ1) is 14.8. The third-order valence-corrected chi connectivity index (χ3v) is 6.53. The largest absolute Gasteiger partial charge is 0.335 e. The molecule has 2 aromatic carbocycles. The second kappa shape index (κ2) is 5.61. The van der Waals surface area contributed by atoms with Crippen molar-refractivity contribution in [1.29, 1.82) is 0 Å². The maximum atomic E-state index is 12.7. The molecule has 1 aliphatic rings. The minimum absolute atomic E-state index is 0.00692. The molecule has 0 radical (unpaired) electrons. The van der Waals surface area contributed by atoms with E-state index in [-0.39, 0.29) is 17.7 Å². The van der Waals surface area contributed by atoms with Gasteiger partial charge >= 0.3 is 6.03 Å². The van der Waals surface area contributed by atoms with Gasteiger partial charge in [0.05, 0.1) is 14.1 Å². The molecule has 114 valence electrons. The van der Waals surface area contributed by atoms with Crippen molar-refractivity contribution in [3.05, 3.63) is 66.2 Å². The maximum Gasteiger partial charge on any atom is 0.322 e. The lowest BCUT2D eigenvalue weighted by atomic mass is 10.1. The number of carbonyl (C=O) groups excluding carboxylic acids is 1. The van der Waals surface area contributed by atoms with Crippen LogP contribution in [0, 0.1) is 0 Å². The Kier molecular flexibility index (Phi) is 3.79. The van der Waals surface area contributed by atoms with Crippen LogP contribution in [-0.2, 0) is 0 Å². The first-order valence-corrected chi connectivity index (χ1v) is 11.3. The number of carbonyl (C=O) groups is 1. The molecular weight excluding hydrogens is 288 g/mol. The van der Waals surface area contributed by atoms with Crippen LogP contribution in [-0.4, -0.2) is 19.8 Å². The fraction of sp³-hybridized carbons (Fsp3) is 0.278. The normalized spacial score (nSPS) is 21.8. The number of nitrogens with one attached hydrogen (secondary N) is 1. The molecule has 2 aromatic rings. The highest BCUT2D eigenvalue weighted by Crippen LogP contribution is 2.37. The molecule has 1 heterocycles.